The Labute approximate surface area is 164 Å². The molecule has 5 heteroatoms. The molecule has 1 N–H and O–H groups in total. The molecule has 3 aromatic rings. The van der Waals surface area contributed by atoms with E-state index >= 15 is 0 Å². The number of fused-ring (bicyclic) bond motifs is 4. The van der Waals surface area contributed by atoms with E-state index in [9.17, 15) is 4.79 Å². The number of nitrogens with zero attached hydrogens (tertiary/aromatic N) is 3. The summed E-state index contributed by atoms with van der Waals surface area (Å²) < 4.78 is 0. The minimum Gasteiger partial charge on any atom is -0.314 e. The second kappa shape index (κ2) is 6.75. The Morgan fingerprint density at radius 1 is 1.11 bits per heavy atom. The van der Waals surface area contributed by atoms with Gasteiger partial charge in [-0.3, -0.25) is 0 Å². The fourth-order valence-electron chi connectivity index (χ4n) is 4.42. The molecule has 3 heterocycles. The van der Waals surface area contributed by atoms with Crippen LogP contribution in [0.15, 0.2) is 60.8 Å². The fraction of sp³-hybridized carbons (Fsp3) is 0.261. The predicted octanol–water partition coefficient (Wildman–Crippen LogP) is 4.75. The number of hydrogen-bond acceptors (Lipinski definition) is 3. The highest BCUT2D eigenvalue weighted by molar-refractivity contribution is 5.90. The molecule has 0 aliphatic carbocycles. The van der Waals surface area contributed by atoms with Crippen molar-refractivity contribution in [3.8, 4) is 11.4 Å². The minimum absolute atomic E-state index is 0.0316. The Kier molecular flexibility index (Phi) is 4.08. The van der Waals surface area contributed by atoms with E-state index in [0.29, 0.717) is 0 Å². The molecule has 2 aliphatic heterocycles. The van der Waals surface area contributed by atoms with Gasteiger partial charge in [0.05, 0.1) is 11.7 Å². The molecule has 2 amide bonds. The van der Waals surface area contributed by atoms with Gasteiger partial charge in [-0.15, -0.1) is 0 Å². The van der Waals surface area contributed by atoms with Crippen molar-refractivity contribution in [2.75, 3.05) is 5.32 Å². The molecule has 0 saturated carbocycles. The van der Waals surface area contributed by atoms with Crippen molar-refractivity contribution in [1.29, 1.82) is 0 Å². The Morgan fingerprint density at radius 3 is 2.79 bits per heavy atom. The average molecular weight is 370 g/mol. The summed E-state index contributed by atoms with van der Waals surface area (Å²) in [5, 5.41) is 3.07. The third-order valence-electron chi connectivity index (χ3n) is 5.73. The van der Waals surface area contributed by atoms with Crippen LogP contribution in [-0.4, -0.2) is 26.9 Å². The topological polar surface area (TPSA) is 58.1 Å². The molecule has 2 bridgehead atoms. The van der Waals surface area contributed by atoms with E-state index in [1.165, 1.54) is 0 Å². The zero-order chi connectivity index (χ0) is 19.1. The number of carbonyl (C=O) groups excluding carboxylic acids is 1. The van der Waals surface area contributed by atoms with Gasteiger partial charge in [-0.25, -0.2) is 14.8 Å². The van der Waals surface area contributed by atoms with Gasteiger partial charge in [0.25, 0.3) is 0 Å². The summed E-state index contributed by atoms with van der Waals surface area (Å²) in [7, 11) is 0. The van der Waals surface area contributed by atoms with E-state index in [1.807, 2.05) is 72.6 Å². The van der Waals surface area contributed by atoms with Gasteiger partial charge in [0.15, 0.2) is 5.82 Å². The van der Waals surface area contributed by atoms with E-state index in [0.717, 1.165) is 53.2 Å². The van der Waals surface area contributed by atoms with Crippen molar-refractivity contribution in [2.24, 2.45) is 0 Å². The monoisotopic (exact) mass is 370 g/mol. The lowest BCUT2D eigenvalue weighted by atomic mass is 9.99. The number of hydrogen-bond donors (Lipinski definition) is 1. The molecular formula is C23H22N4O. The number of amides is 2. The summed E-state index contributed by atoms with van der Waals surface area (Å²) in [6.45, 7) is 2.03. The molecule has 1 fully saturated rings. The molecule has 0 spiro atoms. The maximum Gasteiger partial charge on any atom is 0.322 e. The van der Waals surface area contributed by atoms with Crippen LogP contribution in [-0.2, 0) is 6.42 Å². The second-order valence-electron chi connectivity index (χ2n) is 7.62. The number of urea groups is 1. The van der Waals surface area contributed by atoms with Crippen molar-refractivity contribution in [1.82, 2.24) is 14.9 Å². The van der Waals surface area contributed by atoms with Gasteiger partial charge in [0.1, 0.15) is 0 Å². The maximum absolute atomic E-state index is 13.0. The quantitative estimate of drug-likeness (QED) is 0.708. The number of rotatable bonds is 2. The third-order valence-corrected chi connectivity index (χ3v) is 5.73. The Bertz CT molecular complexity index is 1030. The first-order valence-electron chi connectivity index (χ1n) is 9.76. The van der Waals surface area contributed by atoms with Crippen molar-refractivity contribution in [3.63, 3.8) is 0 Å². The van der Waals surface area contributed by atoms with Crippen molar-refractivity contribution < 1.29 is 4.79 Å². The lowest BCUT2D eigenvalue weighted by Gasteiger charge is -2.35. The van der Waals surface area contributed by atoms with Crippen LogP contribution in [0.1, 0.15) is 35.7 Å². The molecule has 0 unspecified atom stereocenters. The van der Waals surface area contributed by atoms with Gasteiger partial charge in [-0.1, -0.05) is 42.5 Å². The smallest absolute Gasteiger partial charge is 0.314 e. The number of anilines is 1. The SMILES string of the molecule is Cc1cccc(NC(=O)N2[C@H]3CC[C@@H]2c2cnc(-c4ccccc4)nc2C3)c1. The van der Waals surface area contributed by atoms with Crippen molar-refractivity contribution >= 4 is 11.7 Å². The Hall–Kier alpha value is -3.21. The molecule has 5 rings (SSSR count). The molecule has 2 atom stereocenters. The van der Waals surface area contributed by atoms with Crippen LogP contribution < -0.4 is 5.32 Å². The van der Waals surface area contributed by atoms with E-state index in [1.54, 1.807) is 0 Å². The van der Waals surface area contributed by atoms with Gasteiger partial charge in [-0.05, 0) is 37.5 Å². The first-order chi connectivity index (χ1) is 13.7. The zero-order valence-electron chi connectivity index (χ0n) is 15.8. The van der Waals surface area contributed by atoms with Crippen molar-refractivity contribution in [2.45, 2.75) is 38.3 Å². The molecular weight excluding hydrogens is 348 g/mol. The summed E-state index contributed by atoms with van der Waals surface area (Å²) in [5.41, 5.74) is 5.17. The molecule has 1 saturated heterocycles. The summed E-state index contributed by atoms with van der Waals surface area (Å²) in [4.78, 5) is 24.5. The van der Waals surface area contributed by atoms with Crippen LogP contribution in [0.5, 0.6) is 0 Å². The van der Waals surface area contributed by atoms with Gasteiger partial charge in [0.2, 0.25) is 0 Å². The summed E-state index contributed by atoms with van der Waals surface area (Å²) in [6.07, 6.45) is 4.68. The van der Waals surface area contributed by atoms with Crippen LogP contribution in [0.2, 0.25) is 0 Å². The second-order valence-corrected chi connectivity index (χ2v) is 7.62. The van der Waals surface area contributed by atoms with E-state index < -0.39 is 0 Å². The number of aryl methyl sites for hydroxylation is 1. The highest BCUT2D eigenvalue weighted by atomic mass is 16.2. The lowest BCUT2D eigenvalue weighted by Crippen LogP contribution is -2.44. The van der Waals surface area contributed by atoms with Crippen LogP contribution in [0.3, 0.4) is 0 Å². The predicted molar refractivity (Wildman–Crippen MR) is 109 cm³/mol. The van der Waals surface area contributed by atoms with Gasteiger partial charge < -0.3 is 10.2 Å². The van der Waals surface area contributed by atoms with E-state index in [-0.39, 0.29) is 18.1 Å². The highest BCUT2D eigenvalue weighted by Gasteiger charge is 2.43. The van der Waals surface area contributed by atoms with Crippen LogP contribution in [0.25, 0.3) is 11.4 Å². The van der Waals surface area contributed by atoms with Crippen LogP contribution in [0, 0.1) is 6.92 Å². The van der Waals surface area contributed by atoms with Crippen molar-refractivity contribution in [3.05, 3.63) is 77.6 Å². The van der Waals surface area contributed by atoms with E-state index in [2.05, 4.69) is 10.3 Å². The molecule has 5 nitrogen and oxygen atoms in total. The molecule has 0 radical (unpaired) electrons. The molecule has 28 heavy (non-hydrogen) atoms. The number of carbonyl (C=O) groups is 1. The largest absolute Gasteiger partial charge is 0.322 e. The fourth-order valence-corrected chi connectivity index (χ4v) is 4.42. The summed E-state index contributed by atoms with van der Waals surface area (Å²) in [6, 6.07) is 18.2. The highest BCUT2D eigenvalue weighted by Crippen LogP contribution is 2.43. The first-order valence-corrected chi connectivity index (χ1v) is 9.76. The average Bonchev–Trinajstić information content (AvgIpc) is 3.03. The molecule has 140 valence electrons. The maximum atomic E-state index is 13.0. The van der Waals surface area contributed by atoms with Gasteiger partial charge in [0, 0.05) is 35.5 Å². The molecule has 2 aliphatic rings. The normalized spacial score (nSPS) is 20.0. The number of aromatic nitrogens is 2. The molecule has 2 aromatic carbocycles. The van der Waals surface area contributed by atoms with Gasteiger partial charge >= 0.3 is 6.03 Å². The summed E-state index contributed by atoms with van der Waals surface area (Å²) >= 11 is 0. The third kappa shape index (κ3) is 2.93. The van der Waals surface area contributed by atoms with Crippen LogP contribution >= 0.6 is 0 Å². The Balaban J connectivity index is 1.42. The van der Waals surface area contributed by atoms with Crippen LogP contribution in [0.4, 0.5) is 10.5 Å². The van der Waals surface area contributed by atoms with Gasteiger partial charge in [-0.2, -0.15) is 0 Å². The van der Waals surface area contributed by atoms with E-state index in [4.69, 9.17) is 4.98 Å². The number of benzene rings is 2. The Morgan fingerprint density at radius 2 is 1.96 bits per heavy atom. The minimum atomic E-state index is -0.0316. The first kappa shape index (κ1) is 16.9. The lowest BCUT2D eigenvalue weighted by molar-refractivity contribution is 0.178. The number of nitrogens with one attached hydrogen (secondary N) is 1. The standard InChI is InChI=1S/C23H22N4O/c1-15-6-5-9-17(12-15)25-23(28)27-18-10-11-21(27)19-14-24-22(26-20(19)13-18)16-7-3-2-4-8-16/h2-9,12,14,18,21H,10-11,13H2,1H3,(H,25,28)/t18-,21+/m0/s1. The molecule has 1 aromatic heterocycles. The zero-order valence-corrected chi connectivity index (χ0v) is 15.8. The summed E-state index contributed by atoms with van der Waals surface area (Å²) in [5.74, 6) is 0.761.